The van der Waals surface area contributed by atoms with E-state index in [1.54, 1.807) is 12.4 Å². The topological polar surface area (TPSA) is 84.0 Å². The summed E-state index contributed by atoms with van der Waals surface area (Å²) in [4.78, 5) is 35.3. The standard InChI is InChI=1S/C25H36N4O2/c1-3-5-15-25(16-6-4-2,23(30)28-19-13-21-11-7-9-17-26-21)24(31)29-20-14-22-12-8-10-18-27-22/h7-12,17-18H,3-6,13-16,19-20H2,1-2H3,(H,28,30)(H,29,31). The van der Waals surface area contributed by atoms with Gasteiger partial charge in [0.1, 0.15) is 5.41 Å². The van der Waals surface area contributed by atoms with Gasteiger partial charge in [-0.15, -0.1) is 0 Å². The first-order chi connectivity index (χ1) is 15.1. The Kier molecular flexibility index (Phi) is 10.7. The summed E-state index contributed by atoms with van der Waals surface area (Å²) < 4.78 is 0. The number of carbonyl (C=O) groups is 2. The molecule has 2 aromatic heterocycles. The molecule has 2 rings (SSSR count). The maximum absolute atomic E-state index is 13.3. The molecule has 2 aromatic rings. The third kappa shape index (κ3) is 7.78. The van der Waals surface area contributed by atoms with Gasteiger partial charge >= 0.3 is 0 Å². The average Bonchev–Trinajstić information content (AvgIpc) is 2.80. The highest BCUT2D eigenvalue weighted by molar-refractivity contribution is 6.05. The van der Waals surface area contributed by atoms with Gasteiger partial charge in [-0.05, 0) is 37.1 Å². The molecule has 0 spiro atoms. The second kappa shape index (κ2) is 13.5. The number of carbonyl (C=O) groups excluding carboxylic acids is 2. The Balaban J connectivity index is 2.05. The summed E-state index contributed by atoms with van der Waals surface area (Å²) in [7, 11) is 0. The monoisotopic (exact) mass is 424 g/mol. The van der Waals surface area contributed by atoms with Crippen LogP contribution in [0.25, 0.3) is 0 Å². The predicted octanol–water partition coefficient (Wildman–Crippen LogP) is 3.86. The van der Waals surface area contributed by atoms with Crippen molar-refractivity contribution in [3.05, 3.63) is 60.2 Å². The average molecular weight is 425 g/mol. The van der Waals surface area contributed by atoms with E-state index in [-0.39, 0.29) is 11.8 Å². The normalized spacial score (nSPS) is 11.2. The van der Waals surface area contributed by atoms with Gasteiger partial charge in [0, 0.05) is 49.7 Å². The summed E-state index contributed by atoms with van der Waals surface area (Å²) >= 11 is 0. The van der Waals surface area contributed by atoms with Crippen LogP contribution in [0.1, 0.15) is 63.8 Å². The summed E-state index contributed by atoms with van der Waals surface area (Å²) in [6.07, 6.45) is 9.47. The van der Waals surface area contributed by atoms with Crippen molar-refractivity contribution in [1.82, 2.24) is 20.6 Å². The fraction of sp³-hybridized carbons (Fsp3) is 0.520. The minimum Gasteiger partial charge on any atom is -0.355 e. The molecule has 31 heavy (non-hydrogen) atoms. The molecule has 0 aliphatic carbocycles. The number of aromatic nitrogens is 2. The third-order valence-electron chi connectivity index (χ3n) is 5.57. The van der Waals surface area contributed by atoms with E-state index in [0.717, 1.165) is 37.1 Å². The Morgan fingerprint density at radius 1 is 0.774 bits per heavy atom. The number of nitrogens with one attached hydrogen (secondary N) is 2. The lowest BCUT2D eigenvalue weighted by Gasteiger charge is -2.31. The quantitative estimate of drug-likeness (QED) is 0.451. The first-order valence-electron chi connectivity index (χ1n) is 11.5. The minimum absolute atomic E-state index is 0.166. The summed E-state index contributed by atoms with van der Waals surface area (Å²) in [5.74, 6) is -0.332. The van der Waals surface area contributed by atoms with E-state index in [1.807, 2.05) is 36.4 Å². The molecule has 0 fully saturated rings. The van der Waals surface area contributed by atoms with Crippen molar-refractivity contribution >= 4 is 11.8 Å². The van der Waals surface area contributed by atoms with Gasteiger partial charge in [0.15, 0.2) is 0 Å². The van der Waals surface area contributed by atoms with Crippen molar-refractivity contribution in [2.45, 2.75) is 65.2 Å². The second-order valence-corrected chi connectivity index (χ2v) is 7.94. The molecule has 0 bridgehead atoms. The predicted molar refractivity (Wildman–Crippen MR) is 123 cm³/mol. The number of unbranched alkanes of at least 4 members (excludes halogenated alkanes) is 2. The van der Waals surface area contributed by atoms with E-state index in [4.69, 9.17) is 0 Å². The lowest BCUT2D eigenvalue weighted by atomic mass is 9.76. The third-order valence-corrected chi connectivity index (χ3v) is 5.57. The molecular weight excluding hydrogens is 388 g/mol. The van der Waals surface area contributed by atoms with Crippen LogP contribution in [-0.4, -0.2) is 34.9 Å². The molecule has 0 atom stereocenters. The molecule has 0 saturated carbocycles. The molecule has 0 aliphatic rings. The van der Waals surface area contributed by atoms with Crippen LogP contribution in [0.15, 0.2) is 48.8 Å². The van der Waals surface area contributed by atoms with Gasteiger partial charge < -0.3 is 10.6 Å². The van der Waals surface area contributed by atoms with Gasteiger partial charge in [-0.3, -0.25) is 19.6 Å². The second-order valence-electron chi connectivity index (χ2n) is 7.94. The van der Waals surface area contributed by atoms with E-state index in [9.17, 15) is 9.59 Å². The molecule has 2 heterocycles. The van der Waals surface area contributed by atoms with Crippen molar-refractivity contribution in [3.63, 3.8) is 0 Å². The minimum atomic E-state index is -1.03. The van der Waals surface area contributed by atoms with E-state index < -0.39 is 5.41 Å². The van der Waals surface area contributed by atoms with Crippen LogP contribution in [-0.2, 0) is 22.4 Å². The van der Waals surface area contributed by atoms with Crippen LogP contribution in [0.4, 0.5) is 0 Å². The first-order valence-corrected chi connectivity index (χ1v) is 11.5. The fourth-order valence-electron chi connectivity index (χ4n) is 3.68. The van der Waals surface area contributed by atoms with Crippen molar-refractivity contribution < 1.29 is 9.59 Å². The lowest BCUT2D eigenvalue weighted by Crippen LogP contribution is -2.52. The molecule has 2 amide bonds. The summed E-state index contributed by atoms with van der Waals surface area (Å²) in [6.45, 7) is 5.11. The van der Waals surface area contributed by atoms with Crippen LogP contribution < -0.4 is 10.6 Å². The molecular formula is C25H36N4O2. The Bertz CT molecular complexity index is 713. The highest BCUT2D eigenvalue weighted by atomic mass is 16.2. The molecule has 0 saturated heterocycles. The van der Waals surface area contributed by atoms with Crippen LogP contribution in [0.5, 0.6) is 0 Å². The largest absolute Gasteiger partial charge is 0.355 e. The molecule has 0 aliphatic heterocycles. The Labute approximate surface area is 186 Å². The first kappa shape index (κ1) is 24.5. The van der Waals surface area contributed by atoms with Crippen molar-refractivity contribution in [2.24, 2.45) is 5.41 Å². The van der Waals surface area contributed by atoms with Gasteiger partial charge in [-0.25, -0.2) is 0 Å². The van der Waals surface area contributed by atoms with Crippen LogP contribution in [0.3, 0.4) is 0 Å². The van der Waals surface area contributed by atoms with Crippen LogP contribution in [0.2, 0.25) is 0 Å². The van der Waals surface area contributed by atoms with Gasteiger partial charge in [0.25, 0.3) is 0 Å². The molecule has 0 unspecified atom stereocenters. The smallest absolute Gasteiger partial charge is 0.235 e. The highest BCUT2D eigenvalue weighted by Crippen LogP contribution is 2.32. The number of hydrogen-bond donors (Lipinski definition) is 2. The van der Waals surface area contributed by atoms with Gasteiger partial charge in [0.2, 0.25) is 11.8 Å². The number of amides is 2. The maximum atomic E-state index is 13.3. The van der Waals surface area contributed by atoms with E-state index in [2.05, 4.69) is 34.4 Å². The summed E-state index contributed by atoms with van der Waals surface area (Å²) in [5.41, 5.74) is 0.825. The zero-order chi connectivity index (χ0) is 22.4. The Morgan fingerprint density at radius 3 is 1.58 bits per heavy atom. The fourth-order valence-corrected chi connectivity index (χ4v) is 3.68. The SMILES string of the molecule is CCCCC(CCCC)(C(=O)NCCc1ccccn1)C(=O)NCCc1ccccn1. The molecule has 2 N–H and O–H groups in total. The number of hydrogen-bond acceptors (Lipinski definition) is 4. The van der Waals surface area contributed by atoms with Crippen LogP contribution >= 0.6 is 0 Å². The number of rotatable bonds is 14. The van der Waals surface area contributed by atoms with E-state index >= 15 is 0 Å². The van der Waals surface area contributed by atoms with Crippen molar-refractivity contribution in [2.75, 3.05) is 13.1 Å². The maximum Gasteiger partial charge on any atom is 0.235 e. The van der Waals surface area contributed by atoms with Gasteiger partial charge in [-0.1, -0.05) is 51.7 Å². The summed E-state index contributed by atoms with van der Waals surface area (Å²) in [6, 6.07) is 11.5. The van der Waals surface area contributed by atoms with Crippen molar-refractivity contribution in [3.8, 4) is 0 Å². The summed E-state index contributed by atoms with van der Waals surface area (Å²) in [5, 5.41) is 6.05. The van der Waals surface area contributed by atoms with Gasteiger partial charge in [0.05, 0.1) is 0 Å². The molecule has 6 heteroatoms. The van der Waals surface area contributed by atoms with Gasteiger partial charge in [-0.2, -0.15) is 0 Å². The number of nitrogens with zero attached hydrogens (tertiary/aromatic N) is 2. The number of pyridine rings is 2. The van der Waals surface area contributed by atoms with Crippen molar-refractivity contribution in [1.29, 1.82) is 0 Å². The highest BCUT2D eigenvalue weighted by Gasteiger charge is 2.44. The van der Waals surface area contributed by atoms with E-state index in [0.29, 0.717) is 38.8 Å². The molecule has 168 valence electrons. The zero-order valence-corrected chi connectivity index (χ0v) is 18.9. The lowest BCUT2D eigenvalue weighted by molar-refractivity contribution is -0.145. The Morgan fingerprint density at radius 2 is 1.23 bits per heavy atom. The van der Waals surface area contributed by atoms with E-state index in [1.165, 1.54) is 0 Å². The van der Waals surface area contributed by atoms with Crippen LogP contribution in [0, 0.1) is 5.41 Å². The molecule has 0 radical (unpaired) electrons. The Hall–Kier alpha value is -2.76. The zero-order valence-electron chi connectivity index (χ0n) is 18.9. The molecule has 6 nitrogen and oxygen atoms in total. The molecule has 0 aromatic carbocycles.